The van der Waals surface area contributed by atoms with Crippen molar-refractivity contribution in [3.05, 3.63) is 0 Å². The number of piperidine rings is 1. The number of amides is 1. The van der Waals surface area contributed by atoms with Crippen molar-refractivity contribution in [1.82, 2.24) is 4.90 Å². The van der Waals surface area contributed by atoms with Gasteiger partial charge in [0.05, 0.1) is 12.0 Å². The van der Waals surface area contributed by atoms with Crippen LogP contribution in [-0.4, -0.2) is 59.8 Å². The maximum absolute atomic E-state index is 12.3. The van der Waals surface area contributed by atoms with E-state index in [0.717, 1.165) is 50.5 Å². The van der Waals surface area contributed by atoms with Crippen LogP contribution in [0.3, 0.4) is 0 Å². The Bertz CT molecular complexity index is 326. The lowest BCUT2D eigenvalue weighted by molar-refractivity contribution is -0.145. The van der Waals surface area contributed by atoms with E-state index in [-0.39, 0.29) is 23.3 Å². The highest BCUT2D eigenvalue weighted by molar-refractivity contribution is 8.00. The third kappa shape index (κ3) is 2.40. The van der Waals surface area contributed by atoms with Gasteiger partial charge in [-0.2, -0.15) is 11.8 Å². The number of hydrogen-bond donors (Lipinski definition) is 1. The Morgan fingerprint density at radius 3 is 2.67 bits per heavy atom. The van der Waals surface area contributed by atoms with Crippen LogP contribution in [0.5, 0.6) is 0 Å². The molecule has 1 unspecified atom stereocenters. The zero-order chi connectivity index (χ0) is 12.6. The molecule has 3 heterocycles. The molecule has 3 aliphatic rings. The van der Waals surface area contributed by atoms with Gasteiger partial charge in [0.1, 0.15) is 0 Å². The van der Waals surface area contributed by atoms with Crippen molar-refractivity contribution in [2.75, 3.05) is 37.8 Å². The summed E-state index contributed by atoms with van der Waals surface area (Å²) in [6.45, 7) is 2.90. The summed E-state index contributed by atoms with van der Waals surface area (Å²) in [5, 5.41) is 10.1. The third-order valence-corrected chi connectivity index (χ3v) is 5.75. The van der Waals surface area contributed by atoms with Gasteiger partial charge in [0, 0.05) is 37.8 Å². The largest absolute Gasteiger partial charge is 0.391 e. The van der Waals surface area contributed by atoms with Gasteiger partial charge in [-0.15, -0.1) is 0 Å². The maximum atomic E-state index is 12.3. The van der Waals surface area contributed by atoms with E-state index in [4.69, 9.17) is 4.74 Å². The van der Waals surface area contributed by atoms with Crippen LogP contribution in [0.15, 0.2) is 0 Å². The van der Waals surface area contributed by atoms with Crippen LogP contribution in [0.25, 0.3) is 0 Å². The lowest BCUT2D eigenvalue weighted by atomic mass is 9.73. The zero-order valence-corrected chi connectivity index (χ0v) is 11.5. The third-order valence-electron chi connectivity index (χ3n) is 4.48. The summed E-state index contributed by atoms with van der Waals surface area (Å²) in [4.78, 5) is 14.2. The van der Waals surface area contributed by atoms with Crippen LogP contribution in [0.4, 0.5) is 0 Å². The van der Waals surface area contributed by atoms with E-state index in [1.54, 1.807) is 0 Å². The first-order valence-electron chi connectivity index (χ1n) is 6.81. The Morgan fingerprint density at radius 2 is 2.06 bits per heavy atom. The average molecular weight is 271 g/mol. The standard InChI is InChI=1S/C13H21NO3S/c15-11-5-13(1-3-17-4-2-13)9-14(6-11)12(16)10-7-18-8-10/h10-11,15H,1-9H2. The summed E-state index contributed by atoms with van der Waals surface area (Å²) in [6, 6.07) is 0. The fraction of sp³-hybridized carbons (Fsp3) is 0.923. The number of hydrogen-bond acceptors (Lipinski definition) is 4. The Balaban J connectivity index is 1.69. The minimum atomic E-state index is -0.353. The summed E-state index contributed by atoms with van der Waals surface area (Å²) in [5.74, 6) is 2.39. The summed E-state index contributed by atoms with van der Waals surface area (Å²) in [6.07, 6.45) is 2.44. The van der Waals surface area contributed by atoms with Crippen molar-refractivity contribution in [3.8, 4) is 0 Å². The van der Waals surface area contributed by atoms with Gasteiger partial charge in [-0.25, -0.2) is 0 Å². The van der Waals surface area contributed by atoms with Crippen molar-refractivity contribution in [2.24, 2.45) is 11.3 Å². The van der Waals surface area contributed by atoms with Crippen LogP contribution in [0.2, 0.25) is 0 Å². The Hall–Kier alpha value is -0.260. The van der Waals surface area contributed by atoms with Crippen LogP contribution < -0.4 is 0 Å². The Kier molecular flexibility index (Phi) is 3.56. The fourth-order valence-electron chi connectivity index (χ4n) is 3.32. The molecule has 0 bridgehead atoms. The fourth-order valence-corrected chi connectivity index (χ4v) is 4.08. The number of β-amino-alcohol motifs (C(OH)–C–C–N with tert-alkyl or cyclic N) is 1. The topological polar surface area (TPSA) is 49.8 Å². The number of carbonyl (C=O) groups excluding carboxylic acids is 1. The number of aliphatic hydroxyl groups is 1. The number of likely N-dealkylation sites (tertiary alicyclic amines) is 1. The van der Waals surface area contributed by atoms with Crippen LogP contribution >= 0.6 is 11.8 Å². The normalized spacial score (nSPS) is 32.3. The summed E-state index contributed by atoms with van der Waals surface area (Å²) in [5.41, 5.74) is 0.114. The molecule has 0 saturated carbocycles. The molecular weight excluding hydrogens is 250 g/mol. The van der Waals surface area contributed by atoms with Gasteiger partial charge < -0.3 is 14.7 Å². The van der Waals surface area contributed by atoms with Crippen molar-refractivity contribution in [2.45, 2.75) is 25.4 Å². The van der Waals surface area contributed by atoms with E-state index in [1.165, 1.54) is 0 Å². The van der Waals surface area contributed by atoms with Crippen LogP contribution in [0.1, 0.15) is 19.3 Å². The van der Waals surface area contributed by atoms with E-state index in [9.17, 15) is 9.90 Å². The SMILES string of the molecule is O=C(C1CSC1)N1CC(O)CC2(CCOCC2)C1. The molecule has 3 fully saturated rings. The van der Waals surface area contributed by atoms with Gasteiger partial charge in [-0.1, -0.05) is 0 Å². The summed E-state index contributed by atoms with van der Waals surface area (Å²) < 4.78 is 5.42. The molecule has 0 aromatic rings. The molecule has 0 aliphatic carbocycles. The van der Waals surface area contributed by atoms with Gasteiger partial charge in [0.2, 0.25) is 5.91 Å². The minimum Gasteiger partial charge on any atom is -0.391 e. The van der Waals surface area contributed by atoms with E-state index < -0.39 is 0 Å². The maximum Gasteiger partial charge on any atom is 0.227 e. The molecule has 1 amide bonds. The molecule has 0 aromatic carbocycles. The van der Waals surface area contributed by atoms with Crippen molar-refractivity contribution >= 4 is 17.7 Å². The molecule has 102 valence electrons. The number of nitrogens with zero attached hydrogens (tertiary/aromatic N) is 1. The summed E-state index contributed by atoms with van der Waals surface area (Å²) >= 11 is 1.84. The smallest absolute Gasteiger partial charge is 0.227 e. The molecule has 0 radical (unpaired) electrons. The van der Waals surface area contributed by atoms with Gasteiger partial charge in [0.25, 0.3) is 0 Å². The highest BCUT2D eigenvalue weighted by atomic mass is 32.2. The Labute approximate surface area is 112 Å². The lowest BCUT2D eigenvalue weighted by Crippen LogP contribution is -2.55. The van der Waals surface area contributed by atoms with Crippen molar-refractivity contribution in [3.63, 3.8) is 0 Å². The van der Waals surface area contributed by atoms with E-state index >= 15 is 0 Å². The monoisotopic (exact) mass is 271 g/mol. The first kappa shape index (κ1) is 12.8. The van der Waals surface area contributed by atoms with Crippen molar-refractivity contribution < 1.29 is 14.6 Å². The zero-order valence-electron chi connectivity index (χ0n) is 10.6. The number of ether oxygens (including phenoxy) is 1. The lowest BCUT2D eigenvalue weighted by Gasteiger charge is -2.48. The molecule has 3 saturated heterocycles. The van der Waals surface area contributed by atoms with Gasteiger partial charge in [-0.05, 0) is 24.7 Å². The second kappa shape index (κ2) is 5.02. The van der Waals surface area contributed by atoms with Gasteiger partial charge >= 0.3 is 0 Å². The number of aliphatic hydroxyl groups excluding tert-OH is 1. The van der Waals surface area contributed by atoms with Gasteiger partial charge in [-0.3, -0.25) is 4.79 Å². The predicted molar refractivity (Wildman–Crippen MR) is 70.5 cm³/mol. The van der Waals surface area contributed by atoms with Crippen LogP contribution in [-0.2, 0) is 9.53 Å². The average Bonchev–Trinajstić information content (AvgIpc) is 2.26. The number of rotatable bonds is 1. The van der Waals surface area contributed by atoms with Crippen LogP contribution in [0, 0.1) is 11.3 Å². The molecule has 1 spiro atoms. The molecule has 3 rings (SSSR count). The second-order valence-electron chi connectivity index (χ2n) is 5.92. The number of thioether (sulfide) groups is 1. The first-order valence-corrected chi connectivity index (χ1v) is 7.96. The second-order valence-corrected chi connectivity index (χ2v) is 7.00. The highest BCUT2D eigenvalue weighted by Gasteiger charge is 2.43. The molecule has 4 nitrogen and oxygen atoms in total. The molecular formula is C13H21NO3S. The summed E-state index contributed by atoms with van der Waals surface area (Å²) in [7, 11) is 0. The molecule has 3 aliphatic heterocycles. The van der Waals surface area contributed by atoms with E-state index in [0.29, 0.717) is 6.54 Å². The molecule has 5 heteroatoms. The quantitative estimate of drug-likeness (QED) is 0.764. The molecule has 18 heavy (non-hydrogen) atoms. The minimum absolute atomic E-state index is 0.114. The number of carbonyl (C=O) groups is 1. The van der Waals surface area contributed by atoms with Crippen molar-refractivity contribution in [1.29, 1.82) is 0 Å². The predicted octanol–water partition coefficient (Wildman–Crippen LogP) is 0.739. The Morgan fingerprint density at radius 1 is 1.33 bits per heavy atom. The van der Waals surface area contributed by atoms with E-state index in [2.05, 4.69) is 0 Å². The first-order chi connectivity index (χ1) is 8.69. The molecule has 1 N–H and O–H groups in total. The highest BCUT2D eigenvalue weighted by Crippen LogP contribution is 2.40. The van der Waals surface area contributed by atoms with E-state index in [1.807, 2.05) is 16.7 Å². The van der Waals surface area contributed by atoms with Gasteiger partial charge in [0.15, 0.2) is 0 Å². The molecule has 0 aromatic heterocycles. The molecule has 1 atom stereocenters.